The van der Waals surface area contributed by atoms with E-state index in [2.05, 4.69) is 0 Å². The van der Waals surface area contributed by atoms with Crippen molar-refractivity contribution < 1.29 is 14.3 Å². The standard InChI is InChI=1S/C19H18O3/c1-13-17(22-13)12-16(18(20)14-8-4-2-5-9-14)19(21)15-10-6-3-7-11-15/h2-11,13,16-17H,12H2,1H3. The van der Waals surface area contributed by atoms with Gasteiger partial charge in [-0.15, -0.1) is 0 Å². The van der Waals surface area contributed by atoms with Crippen LogP contribution < -0.4 is 0 Å². The van der Waals surface area contributed by atoms with Crippen LogP contribution in [0.3, 0.4) is 0 Å². The first-order chi connectivity index (χ1) is 10.7. The Balaban J connectivity index is 1.87. The van der Waals surface area contributed by atoms with Gasteiger partial charge in [-0.2, -0.15) is 0 Å². The summed E-state index contributed by atoms with van der Waals surface area (Å²) in [5.41, 5.74) is 1.15. The minimum Gasteiger partial charge on any atom is -0.370 e. The van der Waals surface area contributed by atoms with Gasteiger partial charge in [-0.05, 0) is 13.3 Å². The molecule has 0 radical (unpaired) electrons. The van der Waals surface area contributed by atoms with Crippen LogP contribution in [-0.4, -0.2) is 23.8 Å². The number of carbonyl (C=O) groups is 2. The zero-order valence-electron chi connectivity index (χ0n) is 12.4. The van der Waals surface area contributed by atoms with Crippen molar-refractivity contribution in [2.45, 2.75) is 25.6 Å². The SMILES string of the molecule is CC1OC1CC(C(=O)c1ccccc1)C(=O)c1ccccc1. The molecule has 0 amide bonds. The van der Waals surface area contributed by atoms with E-state index in [0.29, 0.717) is 17.5 Å². The molecule has 1 aliphatic heterocycles. The molecule has 0 aromatic heterocycles. The first kappa shape index (κ1) is 14.7. The fraction of sp³-hybridized carbons (Fsp3) is 0.263. The lowest BCUT2D eigenvalue weighted by Gasteiger charge is -2.14. The summed E-state index contributed by atoms with van der Waals surface area (Å²) in [6, 6.07) is 18.0. The highest BCUT2D eigenvalue weighted by Crippen LogP contribution is 2.31. The second-order valence-corrected chi connectivity index (χ2v) is 5.63. The molecule has 2 aromatic rings. The Bertz CT molecular complexity index is 612. The first-order valence-electron chi connectivity index (χ1n) is 7.51. The van der Waals surface area contributed by atoms with Crippen molar-refractivity contribution >= 4 is 11.6 Å². The molecule has 2 atom stereocenters. The van der Waals surface area contributed by atoms with Crippen molar-refractivity contribution in [1.29, 1.82) is 0 Å². The zero-order chi connectivity index (χ0) is 15.5. The molecule has 0 aliphatic carbocycles. The number of Topliss-reactive ketones (excluding diaryl/α,β-unsaturated/α-hetero) is 2. The van der Waals surface area contributed by atoms with Crippen molar-refractivity contribution in [3.8, 4) is 0 Å². The molecule has 3 nitrogen and oxygen atoms in total. The molecule has 1 fully saturated rings. The summed E-state index contributed by atoms with van der Waals surface area (Å²) in [4.78, 5) is 25.5. The lowest BCUT2D eigenvalue weighted by molar-refractivity contribution is 0.0791. The summed E-state index contributed by atoms with van der Waals surface area (Å²) in [5.74, 6) is -0.936. The minimum absolute atomic E-state index is 0.00493. The summed E-state index contributed by atoms with van der Waals surface area (Å²) in [7, 11) is 0. The smallest absolute Gasteiger partial charge is 0.173 e. The normalized spacial score (nSPS) is 19.9. The van der Waals surface area contributed by atoms with Gasteiger partial charge in [0.2, 0.25) is 0 Å². The van der Waals surface area contributed by atoms with E-state index in [4.69, 9.17) is 4.74 Å². The van der Waals surface area contributed by atoms with Gasteiger partial charge in [0, 0.05) is 11.1 Å². The van der Waals surface area contributed by atoms with Crippen LogP contribution in [0.15, 0.2) is 60.7 Å². The van der Waals surface area contributed by atoms with Gasteiger partial charge in [0.1, 0.15) is 0 Å². The predicted molar refractivity (Wildman–Crippen MR) is 84.0 cm³/mol. The van der Waals surface area contributed by atoms with Crippen LogP contribution in [0.2, 0.25) is 0 Å². The van der Waals surface area contributed by atoms with Gasteiger partial charge < -0.3 is 4.74 Å². The Hall–Kier alpha value is -2.26. The minimum atomic E-state index is -0.681. The average molecular weight is 294 g/mol. The molecule has 0 saturated carbocycles. The van der Waals surface area contributed by atoms with Gasteiger partial charge in [-0.1, -0.05) is 60.7 Å². The second-order valence-electron chi connectivity index (χ2n) is 5.63. The Labute approximate surface area is 129 Å². The van der Waals surface area contributed by atoms with E-state index in [1.165, 1.54) is 0 Å². The Morgan fingerprint density at radius 3 is 1.68 bits per heavy atom. The number of rotatable bonds is 6. The van der Waals surface area contributed by atoms with E-state index in [-0.39, 0.29) is 23.8 Å². The summed E-state index contributed by atoms with van der Waals surface area (Å²) in [6.07, 6.45) is 0.586. The topological polar surface area (TPSA) is 46.7 Å². The fourth-order valence-electron chi connectivity index (χ4n) is 2.65. The third kappa shape index (κ3) is 3.15. The summed E-state index contributed by atoms with van der Waals surface area (Å²) >= 11 is 0. The maximum atomic E-state index is 12.8. The Morgan fingerprint density at radius 1 is 0.909 bits per heavy atom. The number of carbonyl (C=O) groups excluding carboxylic acids is 2. The quantitative estimate of drug-likeness (QED) is 0.465. The third-order valence-electron chi connectivity index (χ3n) is 4.05. The van der Waals surface area contributed by atoms with E-state index in [1.807, 2.05) is 43.3 Å². The Morgan fingerprint density at radius 2 is 1.32 bits per heavy atom. The van der Waals surface area contributed by atoms with E-state index >= 15 is 0 Å². The average Bonchev–Trinajstić information content (AvgIpc) is 3.28. The van der Waals surface area contributed by atoms with Crippen LogP contribution in [0.1, 0.15) is 34.1 Å². The van der Waals surface area contributed by atoms with Crippen LogP contribution >= 0.6 is 0 Å². The second kappa shape index (κ2) is 6.24. The van der Waals surface area contributed by atoms with Gasteiger partial charge in [0.05, 0.1) is 18.1 Å². The lowest BCUT2D eigenvalue weighted by Crippen LogP contribution is -2.26. The van der Waals surface area contributed by atoms with Gasteiger partial charge in [-0.25, -0.2) is 0 Å². The van der Waals surface area contributed by atoms with E-state index < -0.39 is 5.92 Å². The number of epoxide rings is 1. The van der Waals surface area contributed by atoms with Gasteiger partial charge in [0.15, 0.2) is 11.6 Å². The van der Waals surface area contributed by atoms with Crippen LogP contribution in [0.5, 0.6) is 0 Å². The van der Waals surface area contributed by atoms with Crippen molar-refractivity contribution in [2.75, 3.05) is 0 Å². The summed E-state index contributed by atoms with van der Waals surface area (Å²) in [6.45, 7) is 1.96. The number of ether oxygens (including phenoxy) is 1. The Kier molecular flexibility index (Phi) is 4.16. The fourth-order valence-corrected chi connectivity index (χ4v) is 2.65. The first-order valence-corrected chi connectivity index (χ1v) is 7.51. The number of ketones is 2. The van der Waals surface area contributed by atoms with Crippen LogP contribution in [-0.2, 0) is 4.74 Å². The molecule has 3 heteroatoms. The molecule has 0 spiro atoms. The largest absolute Gasteiger partial charge is 0.370 e. The van der Waals surface area contributed by atoms with Crippen LogP contribution in [0.25, 0.3) is 0 Å². The molecular weight excluding hydrogens is 276 g/mol. The summed E-state index contributed by atoms with van der Waals surface area (Å²) < 4.78 is 5.41. The molecule has 1 heterocycles. The van der Waals surface area contributed by atoms with Crippen molar-refractivity contribution in [3.63, 3.8) is 0 Å². The molecule has 3 rings (SSSR count). The van der Waals surface area contributed by atoms with Crippen molar-refractivity contribution in [3.05, 3.63) is 71.8 Å². The highest BCUT2D eigenvalue weighted by atomic mass is 16.6. The maximum Gasteiger partial charge on any atom is 0.173 e. The molecule has 1 aliphatic rings. The lowest BCUT2D eigenvalue weighted by atomic mass is 9.86. The molecule has 2 aromatic carbocycles. The zero-order valence-corrected chi connectivity index (χ0v) is 12.4. The monoisotopic (exact) mass is 294 g/mol. The van der Waals surface area contributed by atoms with E-state index in [9.17, 15) is 9.59 Å². The molecule has 1 saturated heterocycles. The molecule has 22 heavy (non-hydrogen) atoms. The maximum absolute atomic E-state index is 12.8. The predicted octanol–water partition coefficient (Wildman–Crippen LogP) is 3.55. The highest BCUT2D eigenvalue weighted by molar-refractivity contribution is 6.16. The van der Waals surface area contributed by atoms with Gasteiger partial charge in [0.25, 0.3) is 0 Å². The molecule has 0 bridgehead atoms. The van der Waals surface area contributed by atoms with Crippen LogP contribution in [0.4, 0.5) is 0 Å². The molecule has 0 N–H and O–H groups in total. The van der Waals surface area contributed by atoms with Crippen molar-refractivity contribution in [1.82, 2.24) is 0 Å². The summed E-state index contributed by atoms with van der Waals surface area (Å²) in [5, 5.41) is 0. The van der Waals surface area contributed by atoms with Crippen molar-refractivity contribution in [2.24, 2.45) is 5.92 Å². The number of benzene rings is 2. The van der Waals surface area contributed by atoms with E-state index in [0.717, 1.165) is 0 Å². The molecule has 2 unspecified atom stereocenters. The molecular formula is C19H18O3. The van der Waals surface area contributed by atoms with Gasteiger partial charge >= 0.3 is 0 Å². The number of hydrogen-bond donors (Lipinski definition) is 0. The third-order valence-corrected chi connectivity index (χ3v) is 4.05. The number of hydrogen-bond acceptors (Lipinski definition) is 3. The molecule has 112 valence electrons. The van der Waals surface area contributed by atoms with Gasteiger partial charge in [-0.3, -0.25) is 9.59 Å². The van der Waals surface area contributed by atoms with Crippen LogP contribution in [0, 0.1) is 5.92 Å². The van der Waals surface area contributed by atoms with E-state index in [1.54, 1.807) is 24.3 Å². The highest BCUT2D eigenvalue weighted by Gasteiger charge is 2.40.